The average Bonchev–Trinajstić information content (AvgIpc) is 2.62. The van der Waals surface area contributed by atoms with E-state index in [0.29, 0.717) is 12.0 Å². The number of methoxy groups -OCH3 is 1. The molecule has 1 atom stereocenters. The highest BCUT2D eigenvalue weighted by Crippen LogP contribution is 2.24. The summed E-state index contributed by atoms with van der Waals surface area (Å²) < 4.78 is 4.69. The quantitative estimate of drug-likeness (QED) is 0.405. The van der Waals surface area contributed by atoms with E-state index in [0.717, 1.165) is 11.8 Å². The highest BCUT2D eigenvalue weighted by atomic mass is 32.2. The third-order valence-corrected chi connectivity index (χ3v) is 4.52. The van der Waals surface area contributed by atoms with Crippen LogP contribution in [0.2, 0.25) is 0 Å². The molecule has 132 valence electrons. The van der Waals surface area contributed by atoms with Gasteiger partial charge in [-0.1, -0.05) is 36.9 Å². The molecule has 0 unspecified atom stereocenters. The Hall–Kier alpha value is -2.81. The summed E-state index contributed by atoms with van der Waals surface area (Å²) in [5.74, 6) is -1.02. The number of benzene rings is 1. The van der Waals surface area contributed by atoms with Crippen molar-refractivity contribution in [2.45, 2.75) is 23.8 Å². The van der Waals surface area contributed by atoms with Crippen molar-refractivity contribution in [1.29, 1.82) is 0 Å². The Morgan fingerprint density at radius 1 is 1.36 bits per heavy atom. The number of anilines is 2. The zero-order valence-corrected chi connectivity index (χ0v) is 14.6. The van der Waals surface area contributed by atoms with Gasteiger partial charge >= 0.3 is 5.97 Å². The van der Waals surface area contributed by atoms with Crippen LogP contribution < -0.4 is 16.6 Å². The summed E-state index contributed by atoms with van der Waals surface area (Å²) in [6.07, 6.45) is 0.494. The van der Waals surface area contributed by atoms with Gasteiger partial charge in [-0.2, -0.15) is 0 Å². The molecule has 8 nitrogen and oxygen atoms in total. The Bertz CT molecular complexity index is 823. The second-order valence-corrected chi connectivity index (χ2v) is 6.18. The van der Waals surface area contributed by atoms with E-state index in [4.69, 9.17) is 10.5 Å². The molecule has 9 heteroatoms. The topological polar surface area (TPSA) is 127 Å². The largest absolute Gasteiger partial charge is 0.468 e. The SMILES string of the molecule is CC[C@@H](Sc1nc(N)c(NC(=O)c2ccccc2)c(=O)[nH]1)C(=O)OC. The Morgan fingerprint density at radius 3 is 2.60 bits per heavy atom. The van der Waals surface area contributed by atoms with Crippen molar-refractivity contribution in [2.75, 3.05) is 18.2 Å². The minimum absolute atomic E-state index is 0.129. The van der Waals surface area contributed by atoms with Gasteiger partial charge in [0.1, 0.15) is 10.9 Å². The van der Waals surface area contributed by atoms with Gasteiger partial charge in [0.05, 0.1) is 7.11 Å². The van der Waals surface area contributed by atoms with Crippen LogP contribution in [0.15, 0.2) is 40.3 Å². The maximum Gasteiger partial charge on any atom is 0.319 e. The van der Waals surface area contributed by atoms with E-state index in [1.807, 2.05) is 6.92 Å². The molecule has 0 aliphatic rings. The second kappa shape index (κ2) is 8.34. The average molecular weight is 362 g/mol. The standard InChI is InChI=1S/C16H18N4O4S/c1-3-10(15(23)24-2)25-16-19-12(17)11(14(22)20-16)18-13(21)9-7-5-4-6-8-9/h4-8,10H,3H2,1-2H3,(H,18,21)(H3,17,19,20,22)/t10-/m1/s1. The number of nitrogens with zero attached hydrogens (tertiary/aromatic N) is 1. The van der Waals surface area contributed by atoms with E-state index in [-0.39, 0.29) is 16.7 Å². The number of esters is 1. The van der Waals surface area contributed by atoms with Crippen LogP contribution in [0.25, 0.3) is 0 Å². The first-order valence-electron chi connectivity index (χ1n) is 7.47. The predicted molar refractivity (Wildman–Crippen MR) is 95.6 cm³/mol. The fourth-order valence-electron chi connectivity index (χ4n) is 1.99. The molecule has 0 bridgehead atoms. The molecule has 0 aliphatic carbocycles. The molecule has 0 aliphatic heterocycles. The molecule has 2 rings (SSSR count). The van der Waals surface area contributed by atoms with Gasteiger partial charge in [-0.15, -0.1) is 0 Å². The van der Waals surface area contributed by atoms with Crippen LogP contribution in [0.4, 0.5) is 11.5 Å². The van der Waals surface area contributed by atoms with E-state index in [2.05, 4.69) is 15.3 Å². The molecule has 0 spiro atoms. The molecule has 2 aromatic rings. The van der Waals surface area contributed by atoms with Crippen molar-refractivity contribution in [3.63, 3.8) is 0 Å². The molecule has 4 N–H and O–H groups in total. The van der Waals surface area contributed by atoms with Crippen LogP contribution in [0.3, 0.4) is 0 Å². The first kappa shape index (κ1) is 18.5. The van der Waals surface area contributed by atoms with Gasteiger partial charge < -0.3 is 15.8 Å². The van der Waals surface area contributed by atoms with Crippen molar-refractivity contribution in [2.24, 2.45) is 0 Å². The monoisotopic (exact) mass is 362 g/mol. The highest BCUT2D eigenvalue weighted by molar-refractivity contribution is 8.00. The molecule has 0 saturated heterocycles. The number of rotatable bonds is 6. The summed E-state index contributed by atoms with van der Waals surface area (Å²) >= 11 is 1.04. The molecular formula is C16H18N4O4S. The lowest BCUT2D eigenvalue weighted by atomic mass is 10.2. The fourth-order valence-corrected chi connectivity index (χ4v) is 2.92. The third kappa shape index (κ3) is 4.60. The fraction of sp³-hybridized carbons (Fsp3) is 0.250. The van der Waals surface area contributed by atoms with Gasteiger partial charge in [0, 0.05) is 5.56 Å². The summed E-state index contributed by atoms with van der Waals surface area (Å²) in [6.45, 7) is 1.81. The lowest BCUT2D eigenvalue weighted by Crippen LogP contribution is -2.24. The van der Waals surface area contributed by atoms with Crippen LogP contribution >= 0.6 is 11.8 Å². The molecule has 1 aromatic carbocycles. The number of nitrogens with two attached hydrogens (primary N) is 1. The molecule has 0 saturated carbocycles. The highest BCUT2D eigenvalue weighted by Gasteiger charge is 2.21. The van der Waals surface area contributed by atoms with Gasteiger partial charge in [-0.05, 0) is 18.6 Å². The van der Waals surface area contributed by atoms with Crippen molar-refractivity contribution in [3.05, 3.63) is 46.2 Å². The van der Waals surface area contributed by atoms with E-state index < -0.39 is 22.7 Å². The first-order valence-corrected chi connectivity index (χ1v) is 8.34. The van der Waals surface area contributed by atoms with E-state index in [1.165, 1.54) is 7.11 Å². The van der Waals surface area contributed by atoms with Gasteiger partial charge in [-0.3, -0.25) is 19.4 Å². The van der Waals surface area contributed by atoms with Crippen molar-refractivity contribution in [3.8, 4) is 0 Å². The lowest BCUT2D eigenvalue weighted by molar-refractivity contribution is -0.140. The van der Waals surface area contributed by atoms with Crippen molar-refractivity contribution < 1.29 is 14.3 Å². The molecular weight excluding hydrogens is 344 g/mol. The maximum atomic E-state index is 12.2. The number of aromatic nitrogens is 2. The number of nitrogen functional groups attached to an aromatic ring is 1. The summed E-state index contributed by atoms with van der Waals surface area (Å²) in [7, 11) is 1.29. The number of aromatic amines is 1. The number of thioether (sulfide) groups is 1. The van der Waals surface area contributed by atoms with Gasteiger partial charge in [0.2, 0.25) is 0 Å². The van der Waals surface area contributed by atoms with Crippen LogP contribution in [0, 0.1) is 0 Å². The molecule has 25 heavy (non-hydrogen) atoms. The maximum absolute atomic E-state index is 12.2. The van der Waals surface area contributed by atoms with Gasteiger partial charge in [-0.25, -0.2) is 4.98 Å². The smallest absolute Gasteiger partial charge is 0.319 e. The minimum atomic E-state index is -0.598. The van der Waals surface area contributed by atoms with Crippen LogP contribution in [0.5, 0.6) is 0 Å². The van der Waals surface area contributed by atoms with Crippen molar-refractivity contribution >= 4 is 35.1 Å². The second-order valence-electron chi connectivity index (χ2n) is 4.99. The summed E-state index contributed by atoms with van der Waals surface area (Å²) in [5.41, 5.74) is 5.45. The lowest BCUT2D eigenvalue weighted by Gasteiger charge is -2.12. The van der Waals surface area contributed by atoms with Crippen LogP contribution in [-0.4, -0.2) is 34.2 Å². The normalized spacial score (nSPS) is 11.6. The Morgan fingerprint density at radius 2 is 2.04 bits per heavy atom. The number of ether oxygens (including phenoxy) is 1. The number of hydrogen-bond donors (Lipinski definition) is 3. The number of H-pyrrole nitrogens is 1. The molecule has 1 amide bonds. The minimum Gasteiger partial charge on any atom is -0.468 e. The van der Waals surface area contributed by atoms with Crippen LogP contribution in [-0.2, 0) is 9.53 Å². The summed E-state index contributed by atoms with van der Waals surface area (Å²) in [6, 6.07) is 8.41. The number of carbonyl (C=O) groups is 2. The van der Waals surface area contributed by atoms with Gasteiger partial charge in [0.15, 0.2) is 11.0 Å². The van der Waals surface area contributed by atoms with E-state index >= 15 is 0 Å². The van der Waals surface area contributed by atoms with Crippen molar-refractivity contribution in [1.82, 2.24) is 9.97 Å². The summed E-state index contributed by atoms with van der Waals surface area (Å²) in [4.78, 5) is 42.6. The number of nitrogens with one attached hydrogen (secondary N) is 2. The molecule has 1 aromatic heterocycles. The number of carbonyl (C=O) groups excluding carboxylic acids is 2. The Labute approximate surface area is 148 Å². The molecule has 0 radical (unpaired) electrons. The molecule has 1 heterocycles. The predicted octanol–water partition coefficient (Wildman–Crippen LogP) is 1.65. The third-order valence-electron chi connectivity index (χ3n) is 3.29. The Kier molecular flexibility index (Phi) is 6.18. The Balaban J connectivity index is 2.21. The van der Waals surface area contributed by atoms with Gasteiger partial charge in [0.25, 0.3) is 11.5 Å². The zero-order valence-electron chi connectivity index (χ0n) is 13.7. The summed E-state index contributed by atoms with van der Waals surface area (Å²) in [5, 5.41) is 2.11. The number of hydrogen-bond acceptors (Lipinski definition) is 7. The zero-order chi connectivity index (χ0) is 18.4. The van der Waals surface area contributed by atoms with E-state index in [1.54, 1.807) is 30.3 Å². The number of amides is 1. The van der Waals surface area contributed by atoms with Crippen LogP contribution in [0.1, 0.15) is 23.7 Å². The molecule has 0 fully saturated rings. The first-order chi connectivity index (χ1) is 12.0. The van der Waals surface area contributed by atoms with E-state index in [9.17, 15) is 14.4 Å².